The molecule has 1 aromatic heterocycles. The molecule has 0 N–H and O–H groups in total. The summed E-state index contributed by atoms with van der Waals surface area (Å²) in [6.07, 6.45) is 0. The maximum absolute atomic E-state index is 10.1. The Morgan fingerprint density at radius 1 is 0.379 bits per heavy atom. The quantitative estimate of drug-likeness (QED) is 0.176. The molecule has 2 aliphatic rings. The summed E-state index contributed by atoms with van der Waals surface area (Å²) in [5.41, 5.74) is 15.9. The van der Waals surface area contributed by atoms with Crippen LogP contribution in [-0.4, -0.2) is 9.97 Å². The third kappa shape index (κ3) is 5.22. The number of fused-ring (bicyclic) bond motifs is 9. The lowest BCUT2D eigenvalue weighted by Gasteiger charge is -2.39. The van der Waals surface area contributed by atoms with Gasteiger partial charge in [-0.1, -0.05) is 164 Å². The van der Waals surface area contributed by atoms with E-state index >= 15 is 0 Å². The fourth-order valence-electron chi connectivity index (χ4n) is 8.99. The molecule has 2 heterocycles. The molecule has 1 aliphatic heterocycles. The normalized spacial score (nSPS) is 12.7. The molecular formula is C54H33N3O. The van der Waals surface area contributed by atoms with Crippen LogP contribution in [0.5, 0.6) is 11.5 Å². The summed E-state index contributed by atoms with van der Waals surface area (Å²) in [5.74, 6) is 2.41. The highest BCUT2D eigenvalue weighted by molar-refractivity contribution is 5.93. The number of benzene rings is 8. The van der Waals surface area contributed by atoms with E-state index in [4.69, 9.17) is 14.7 Å². The van der Waals surface area contributed by atoms with Crippen molar-refractivity contribution in [3.63, 3.8) is 0 Å². The molecule has 0 fully saturated rings. The average molecular weight is 740 g/mol. The van der Waals surface area contributed by atoms with E-state index in [0.717, 1.165) is 84.1 Å². The van der Waals surface area contributed by atoms with Crippen molar-refractivity contribution in [3.8, 4) is 84.9 Å². The maximum atomic E-state index is 10.1. The number of aromatic nitrogens is 2. The molecule has 0 bridgehead atoms. The van der Waals surface area contributed by atoms with Gasteiger partial charge in [-0.2, -0.15) is 5.26 Å². The minimum Gasteiger partial charge on any atom is -0.457 e. The molecule has 0 saturated heterocycles. The van der Waals surface area contributed by atoms with Gasteiger partial charge in [-0.25, -0.2) is 9.97 Å². The van der Waals surface area contributed by atoms with Crippen LogP contribution in [-0.2, 0) is 5.41 Å². The second-order valence-electron chi connectivity index (χ2n) is 14.8. The van der Waals surface area contributed by atoms with Gasteiger partial charge in [0.1, 0.15) is 11.5 Å². The molecule has 58 heavy (non-hydrogen) atoms. The zero-order valence-electron chi connectivity index (χ0n) is 31.3. The second-order valence-corrected chi connectivity index (χ2v) is 14.8. The van der Waals surface area contributed by atoms with E-state index in [1.54, 1.807) is 0 Å². The van der Waals surface area contributed by atoms with E-state index in [9.17, 15) is 5.26 Å². The standard InChI is InChI=1S/C54H33N3O/c55-34-41-17-7-8-18-42(41)40-28-30-46-44(32-40)43-31-39(27-29-45(43)54(46)47-19-9-11-21-51(47)58-52-22-12-10-20-48(52)54)35-23-25-37(26-24-35)50-33-49(36-13-3-1-4-14-36)56-53(57-50)38-15-5-2-6-16-38/h1-33H. The van der Waals surface area contributed by atoms with Crippen molar-refractivity contribution in [1.82, 2.24) is 9.97 Å². The van der Waals surface area contributed by atoms with E-state index in [2.05, 4.69) is 133 Å². The third-order valence-electron chi connectivity index (χ3n) is 11.6. The Morgan fingerprint density at radius 3 is 1.50 bits per heavy atom. The van der Waals surface area contributed by atoms with Crippen molar-refractivity contribution in [1.29, 1.82) is 5.26 Å². The van der Waals surface area contributed by atoms with Crippen LogP contribution in [0.1, 0.15) is 27.8 Å². The Bertz CT molecular complexity index is 2990. The van der Waals surface area contributed by atoms with E-state index in [1.165, 1.54) is 11.1 Å². The molecule has 0 unspecified atom stereocenters. The molecule has 4 nitrogen and oxygen atoms in total. The van der Waals surface area contributed by atoms with Gasteiger partial charge in [0.15, 0.2) is 5.82 Å². The van der Waals surface area contributed by atoms with Crippen molar-refractivity contribution in [2.24, 2.45) is 0 Å². The van der Waals surface area contributed by atoms with E-state index in [0.29, 0.717) is 11.4 Å². The Hall–Kier alpha value is -7.87. The molecule has 8 aromatic carbocycles. The third-order valence-corrected chi connectivity index (χ3v) is 11.6. The molecule has 1 spiro atoms. The van der Waals surface area contributed by atoms with Crippen LogP contribution < -0.4 is 4.74 Å². The fraction of sp³-hybridized carbons (Fsp3) is 0.0185. The van der Waals surface area contributed by atoms with Crippen LogP contribution in [0.25, 0.3) is 67.3 Å². The number of hydrogen-bond acceptors (Lipinski definition) is 4. The topological polar surface area (TPSA) is 58.8 Å². The van der Waals surface area contributed by atoms with Crippen LogP contribution >= 0.6 is 0 Å². The second kappa shape index (κ2) is 13.4. The molecule has 11 rings (SSSR count). The van der Waals surface area contributed by atoms with Crippen molar-refractivity contribution in [2.45, 2.75) is 5.41 Å². The molecular weight excluding hydrogens is 707 g/mol. The summed E-state index contributed by atoms with van der Waals surface area (Å²) in [4.78, 5) is 10.0. The number of nitriles is 1. The number of hydrogen-bond donors (Lipinski definition) is 0. The molecule has 4 heteroatoms. The highest BCUT2D eigenvalue weighted by Gasteiger charge is 2.51. The first kappa shape index (κ1) is 33.5. The van der Waals surface area contributed by atoms with Gasteiger partial charge < -0.3 is 4.74 Å². The van der Waals surface area contributed by atoms with E-state index in [1.807, 2.05) is 72.8 Å². The van der Waals surface area contributed by atoms with Crippen LogP contribution in [0.3, 0.4) is 0 Å². The van der Waals surface area contributed by atoms with Gasteiger partial charge in [-0.05, 0) is 80.9 Å². The first-order valence-corrected chi connectivity index (χ1v) is 19.5. The van der Waals surface area contributed by atoms with Gasteiger partial charge in [-0.3, -0.25) is 0 Å². The zero-order chi connectivity index (χ0) is 38.6. The van der Waals surface area contributed by atoms with Crippen molar-refractivity contribution in [2.75, 3.05) is 0 Å². The van der Waals surface area contributed by atoms with E-state index in [-0.39, 0.29) is 0 Å². The van der Waals surface area contributed by atoms with Crippen LogP contribution in [0.4, 0.5) is 0 Å². The lowest BCUT2D eigenvalue weighted by molar-refractivity contribution is 0.436. The Kier molecular flexibility index (Phi) is 7.74. The summed E-state index contributed by atoms with van der Waals surface area (Å²) < 4.78 is 6.58. The van der Waals surface area contributed by atoms with Crippen LogP contribution in [0.15, 0.2) is 200 Å². The maximum Gasteiger partial charge on any atom is 0.160 e. The molecule has 0 amide bonds. The highest BCUT2D eigenvalue weighted by Crippen LogP contribution is 2.62. The Balaban J connectivity index is 1.07. The lowest BCUT2D eigenvalue weighted by atomic mass is 9.66. The van der Waals surface area contributed by atoms with Crippen molar-refractivity contribution >= 4 is 0 Å². The van der Waals surface area contributed by atoms with Crippen LogP contribution in [0.2, 0.25) is 0 Å². The van der Waals surface area contributed by atoms with Gasteiger partial charge in [0.2, 0.25) is 0 Å². The number of ether oxygens (including phenoxy) is 1. The van der Waals surface area contributed by atoms with Gasteiger partial charge in [0.05, 0.1) is 28.4 Å². The summed E-state index contributed by atoms with van der Waals surface area (Å²) in [5, 5.41) is 10.1. The van der Waals surface area contributed by atoms with Gasteiger partial charge >= 0.3 is 0 Å². The summed E-state index contributed by atoms with van der Waals surface area (Å²) in [6.45, 7) is 0. The molecule has 9 aromatic rings. The highest BCUT2D eigenvalue weighted by atomic mass is 16.5. The van der Waals surface area contributed by atoms with Gasteiger partial charge in [0.25, 0.3) is 0 Å². The number of nitrogens with zero attached hydrogens (tertiary/aromatic N) is 3. The predicted molar refractivity (Wildman–Crippen MR) is 231 cm³/mol. The Labute approximate surface area is 337 Å². The minimum absolute atomic E-state index is 0.592. The molecule has 1 aliphatic carbocycles. The number of rotatable bonds is 5. The van der Waals surface area contributed by atoms with Gasteiger partial charge in [-0.15, -0.1) is 0 Å². The first-order chi connectivity index (χ1) is 28.7. The fourth-order valence-corrected chi connectivity index (χ4v) is 8.99. The number of para-hydroxylation sites is 2. The van der Waals surface area contributed by atoms with E-state index < -0.39 is 5.41 Å². The van der Waals surface area contributed by atoms with Crippen molar-refractivity contribution in [3.05, 3.63) is 228 Å². The predicted octanol–water partition coefficient (Wildman–Crippen LogP) is 13.2. The van der Waals surface area contributed by atoms with Crippen molar-refractivity contribution < 1.29 is 4.74 Å². The molecule has 0 radical (unpaired) electrons. The zero-order valence-corrected chi connectivity index (χ0v) is 31.3. The molecule has 0 saturated carbocycles. The molecule has 0 atom stereocenters. The lowest BCUT2D eigenvalue weighted by Crippen LogP contribution is -2.32. The first-order valence-electron chi connectivity index (χ1n) is 19.5. The molecule has 270 valence electrons. The average Bonchev–Trinajstić information content (AvgIpc) is 3.58. The summed E-state index contributed by atoms with van der Waals surface area (Å²) >= 11 is 0. The summed E-state index contributed by atoms with van der Waals surface area (Å²) in [7, 11) is 0. The Morgan fingerprint density at radius 2 is 0.862 bits per heavy atom. The van der Waals surface area contributed by atoms with Crippen LogP contribution in [0, 0.1) is 11.3 Å². The SMILES string of the molecule is N#Cc1ccccc1-c1ccc2c(c1)-c1cc(-c3ccc(-c4cc(-c5ccccc5)nc(-c5ccccc5)n4)cc3)ccc1C21c2ccccc2Oc2ccccc21. The van der Waals surface area contributed by atoms with Gasteiger partial charge in [0, 0.05) is 27.8 Å². The largest absolute Gasteiger partial charge is 0.457 e. The summed E-state index contributed by atoms with van der Waals surface area (Å²) in [6, 6.07) is 71.9. The minimum atomic E-state index is -0.592. The monoisotopic (exact) mass is 739 g/mol. The smallest absolute Gasteiger partial charge is 0.160 e.